The maximum absolute atomic E-state index is 8.36. The molecule has 0 rings (SSSR count). The van der Waals surface area contributed by atoms with E-state index in [1.165, 1.54) is 0 Å². The van der Waals surface area contributed by atoms with Crippen LogP contribution in [0.3, 0.4) is 0 Å². The second kappa shape index (κ2) is 102. The summed E-state index contributed by atoms with van der Waals surface area (Å²) < 4.78 is 0. The molecule has 0 aromatic carbocycles. The van der Waals surface area contributed by atoms with Crippen LogP contribution in [0.15, 0.2) is 0 Å². The molecule has 17 heteroatoms. The molecule has 15 nitrogen and oxygen atoms in total. The fourth-order valence-electron chi connectivity index (χ4n) is 0. The van der Waals surface area contributed by atoms with Gasteiger partial charge in [-0.3, -0.25) is 0 Å². The molecule has 0 spiro atoms. The average Bonchev–Trinajstić information content (AvgIpc) is 1.25. The van der Waals surface area contributed by atoms with Gasteiger partial charge in [0.05, 0.1) is 5.09 Å². The zero-order chi connectivity index (χ0) is 7.15. The SMILES string of the molecule is N.O.O.O.O.O.O.O=[N+]([O-])O.O=[N+]([O-])[O-].[H-].[H-].[Mg+2].[Na+]. The number of nitrogens with zero attached hydrogens (tertiary/aromatic N) is 2. The van der Waals surface area contributed by atoms with E-state index in [9.17, 15) is 0 Å². The van der Waals surface area contributed by atoms with E-state index in [4.69, 9.17) is 30.6 Å². The maximum Gasteiger partial charge on any atom is 2.00 e. The average molecular weight is 299 g/mol. The van der Waals surface area contributed by atoms with Gasteiger partial charge in [0, 0.05) is 0 Å². The summed E-state index contributed by atoms with van der Waals surface area (Å²) in [7, 11) is 0. The Morgan fingerprint density at radius 2 is 0.824 bits per heavy atom. The van der Waals surface area contributed by atoms with Gasteiger partial charge in [-0.05, 0) is 0 Å². The molecule has 0 radical (unpaired) electrons. The van der Waals surface area contributed by atoms with Crippen molar-refractivity contribution in [2.75, 3.05) is 0 Å². The van der Waals surface area contributed by atoms with E-state index in [-0.39, 0.29) is 94.5 Å². The van der Waals surface area contributed by atoms with Crippen LogP contribution in [0.1, 0.15) is 2.85 Å². The Kier molecular flexibility index (Phi) is 735. The van der Waals surface area contributed by atoms with Crippen LogP contribution < -0.4 is 35.7 Å². The summed E-state index contributed by atoms with van der Waals surface area (Å²) in [5.41, 5.74) is 0. The third-order valence-electron chi connectivity index (χ3n) is 0. The van der Waals surface area contributed by atoms with Gasteiger partial charge in [-0.1, -0.05) is 0 Å². The Labute approximate surface area is 135 Å². The molecule has 0 saturated heterocycles. The summed E-state index contributed by atoms with van der Waals surface area (Å²) in [4.78, 5) is 16.6. The van der Waals surface area contributed by atoms with Crippen molar-refractivity contribution in [2.24, 2.45) is 0 Å². The van der Waals surface area contributed by atoms with E-state index in [0.29, 0.717) is 0 Å². The minimum atomic E-state index is -1.75. The van der Waals surface area contributed by atoms with Gasteiger partial charge < -0.3 is 62.4 Å². The van der Waals surface area contributed by atoms with Crippen molar-refractivity contribution >= 4 is 23.1 Å². The molecule has 0 amide bonds. The number of hydrogen-bond donors (Lipinski definition) is 2. The predicted octanol–water partition coefficient (Wildman–Crippen LogP) is -8.52. The molecule has 108 valence electrons. The summed E-state index contributed by atoms with van der Waals surface area (Å²) >= 11 is 0. The molecule has 0 aromatic rings. The first-order valence-corrected chi connectivity index (χ1v) is 1.11. The predicted molar refractivity (Wildman–Crippen MR) is 53.8 cm³/mol. The number of hydrogen-bond acceptors (Lipinski definition) is 6. The summed E-state index contributed by atoms with van der Waals surface area (Å²) in [5, 5.41) is 28.4. The topological polar surface area (TPSA) is 354 Å². The fourth-order valence-corrected chi connectivity index (χ4v) is 0. The van der Waals surface area contributed by atoms with Gasteiger partial charge in [0.1, 0.15) is 0 Å². The molecule has 0 aromatic heterocycles. The van der Waals surface area contributed by atoms with Gasteiger partial charge in [0.25, 0.3) is 5.09 Å². The molecule has 0 heterocycles. The third kappa shape index (κ3) is 237000. The quantitative estimate of drug-likeness (QED) is 0.246. The molecule has 0 unspecified atom stereocenters. The monoisotopic (exact) mass is 299 g/mol. The number of rotatable bonds is 0. The second-order valence-electron chi connectivity index (χ2n) is 0.461. The molecule has 16 N–H and O–H groups in total. The molecule has 0 aliphatic rings. The molecule has 0 aliphatic carbocycles. The zero-order valence-electron chi connectivity index (χ0n) is 10.8. The summed E-state index contributed by atoms with van der Waals surface area (Å²) in [6, 6.07) is 0. The van der Waals surface area contributed by atoms with Gasteiger partial charge in [0.2, 0.25) is 0 Å². The smallest absolute Gasteiger partial charge is 1.00 e. The van der Waals surface area contributed by atoms with Gasteiger partial charge >= 0.3 is 52.6 Å². The zero-order valence-corrected chi connectivity index (χ0v) is 12.2. The molecular formula is H18MgN3NaO12. The molecule has 0 fully saturated rings. The van der Waals surface area contributed by atoms with Crippen LogP contribution in [-0.4, -0.2) is 71.3 Å². The van der Waals surface area contributed by atoms with E-state index >= 15 is 0 Å². The van der Waals surface area contributed by atoms with Crippen molar-refractivity contribution in [1.29, 1.82) is 0 Å². The standard InChI is InChI=1S/Mg.HNO3.NO3.H3N.Na.6H2O.2H/c;2*2-1(3)4;;;;;;;;;;/h;(H,2,3,4);;1H3;;6*1H2;;/q+2;;-1;;+1;;;;;;;2*-1. The van der Waals surface area contributed by atoms with Crippen molar-refractivity contribution in [2.45, 2.75) is 0 Å². The van der Waals surface area contributed by atoms with Crippen LogP contribution in [0, 0.1) is 25.4 Å². The first kappa shape index (κ1) is 123. The van der Waals surface area contributed by atoms with Gasteiger partial charge in [0.15, 0.2) is 0 Å². The van der Waals surface area contributed by atoms with Crippen LogP contribution in [-0.2, 0) is 0 Å². The van der Waals surface area contributed by atoms with Crippen LogP contribution >= 0.6 is 0 Å². The van der Waals surface area contributed by atoms with Crippen LogP contribution in [0.25, 0.3) is 0 Å². The van der Waals surface area contributed by atoms with E-state index in [2.05, 4.69) is 0 Å². The largest absolute Gasteiger partial charge is 2.00 e. The van der Waals surface area contributed by atoms with Gasteiger partial charge in [-0.15, -0.1) is 10.1 Å². The Morgan fingerprint density at radius 3 is 0.824 bits per heavy atom. The van der Waals surface area contributed by atoms with Crippen LogP contribution in [0.5, 0.6) is 0 Å². The van der Waals surface area contributed by atoms with Crippen molar-refractivity contribution < 1.29 is 80.6 Å². The molecule has 0 saturated carbocycles. The first-order chi connectivity index (χ1) is 3.46. The van der Waals surface area contributed by atoms with Gasteiger partial charge in [-0.2, -0.15) is 0 Å². The van der Waals surface area contributed by atoms with Gasteiger partial charge in [-0.25, -0.2) is 0 Å². The van der Waals surface area contributed by atoms with E-state index < -0.39 is 10.2 Å². The Bertz CT molecular complexity index is 89.0. The van der Waals surface area contributed by atoms with Crippen molar-refractivity contribution in [3.63, 3.8) is 0 Å². The maximum atomic E-state index is 8.36. The second-order valence-corrected chi connectivity index (χ2v) is 0.461. The molecule has 17 heavy (non-hydrogen) atoms. The van der Waals surface area contributed by atoms with E-state index in [1.807, 2.05) is 0 Å². The van der Waals surface area contributed by atoms with Crippen molar-refractivity contribution in [3.8, 4) is 0 Å². The minimum Gasteiger partial charge on any atom is -1.00 e. The summed E-state index contributed by atoms with van der Waals surface area (Å²) in [5.74, 6) is 0. The Morgan fingerprint density at radius 1 is 0.824 bits per heavy atom. The molecule has 0 bridgehead atoms. The third-order valence-corrected chi connectivity index (χ3v) is 0. The molecular weight excluding hydrogens is 281 g/mol. The minimum absolute atomic E-state index is 0. The van der Waals surface area contributed by atoms with Crippen molar-refractivity contribution in [1.82, 2.24) is 6.15 Å². The van der Waals surface area contributed by atoms with Crippen molar-refractivity contribution in [3.05, 3.63) is 25.4 Å². The first-order valence-electron chi connectivity index (χ1n) is 1.11. The Balaban J connectivity index is -0.00000000218. The van der Waals surface area contributed by atoms with E-state index in [1.54, 1.807) is 0 Å². The normalized spacial score (nSPS) is 2.82. The van der Waals surface area contributed by atoms with Crippen LogP contribution in [0.4, 0.5) is 0 Å². The fraction of sp³-hybridized carbons (Fsp3) is 0. The molecule has 0 atom stereocenters. The molecule has 0 aliphatic heterocycles. The van der Waals surface area contributed by atoms with Crippen LogP contribution in [0.2, 0.25) is 0 Å². The summed E-state index contributed by atoms with van der Waals surface area (Å²) in [6.07, 6.45) is 0. The van der Waals surface area contributed by atoms with E-state index in [0.717, 1.165) is 0 Å². The summed E-state index contributed by atoms with van der Waals surface area (Å²) in [6.45, 7) is 0. The Hall–Kier alpha value is -0.114.